The number of hydrogen-bond acceptors (Lipinski definition) is 2. The molecule has 0 saturated carbocycles. The molecular formula is C93H82N2. The highest BCUT2D eigenvalue weighted by Crippen LogP contribution is 2.56. The van der Waals surface area contributed by atoms with E-state index in [0.29, 0.717) is 6.54 Å². The molecule has 14 aromatic rings. The summed E-state index contributed by atoms with van der Waals surface area (Å²) in [5, 5.41) is 10.2. The predicted molar refractivity (Wildman–Crippen MR) is 407 cm³/mol. The van der Waals surface area contributed by atoms with Crippen LogP contribution in [0.4, 0.5) is 28.4 Å². The van der Waals surface area contributed by atoms with E-state index in [1.807, 2.05) is 0 Å². The first-order valence-corrected chi connectivity index (χ1v) is 35.2. The molecule has 0 heterocycles. The molecule has 0 spiro atoms. The summed E-state index contributed by atoms with van der Waals surface area (Å²) in [6, 6.07) is 108. The van der Waals surface area contributed by atoms with Gasteiger partial charge in [-0.2, -0.15) is 0 Å². The molecule has 0 atom stereocenters. The van der Waals surface area contributed by atoms with Crippen molar-refractivity contribution in [2.24, 2.45) is 0 Å². The number of benzene rings is 14. The third-order valence-electron chi connectivity index (χ3n) is 21.4. The zero-order valence-electron chi connectivity index (χ0n) is 55.2. The Balaban J connectivity index is 0.775. The van der Waals surface area contributed by atoms with Gasteiger partial charge in [-0.1, -0.05) is 290 Å². The molecule has 0 aliphatic heterocycles. The van der Waals surface area contributed by atoms with Gasteiger partial charge in [0.25, 0.3) is 0 Å². The van der Waals surface area contributed by atoms with E-state index < -0.39 is 0 Å². The van der Waals surface area contributed by atoms with Gasteiger partial charge in [-0.25, -0.2) is 0 Å². The second-order valence-electron chi connectivity index (χ2n) is 27.0. The van der Waals surface area contributed by atoms with Crippen LogP contribution in [0.15, 0.2) is 285 Å². The Morgan fingerprint density at radius 1 is 0.305 bits per heavy atom. The van der Waals surface area contributed by atoms with Crippen LogP contribution in [-0.2, 0) is 24.8 Å². The van der Waals surface area contributed by atoms with Gasteiger partial charge < -0.3 is 9.80 Å². The summed E-state index contributed by atoms with van der Waals surface area (Å²) in [5.74, 6) is 0. The van der Waals surface area contributed by atoms with Crippen LogP contribution >= 0.6 is 0 Å². The topological polar surface area (TPSA) is 6.48 Å². The Hall–Kier alpha value is -10.3. The second-order valence-corrected chi connectivity index (χ2v) is 27.0. The Kier molecular flexibility index (Phi) is 16.3. The molecule has 2 heteroatoms. The number of fused-ring (bicyclic) bond motifs is 8. The fraction of sp³-hybridized carbons (Fsp3) is 0.183. The minimum Gasteiger partial charge on any atom is -0.337 e. The average molecular weight is 1230 g/mol. The third-order valence-corrected chi connectivity index (χ3v) is 21.4. The number of nitrogens with zero attached hydrogens (tertiary/aromatic N) is 2. The number of anilines is 5. The van der Waals surface area contributed by atoms with Gasteiger partial charge in [0.15, 0.2) is 0 Å². The summed E-state index contributed by atoms with van der Waals surface area (Å²) >= 11 is 0. The summed E-state index contributed by atoms with van der Waals surface area (Å²) in [7, 11) is 0. The van der Waals surface area contributed by atoms with Crippen molar-refractivity contribution in [2.45, 2.75) is 110 Å². The molecule has 0 N–H and O–H groups in total. The largest absolute Gasteiger partial charge is 0.337 e. The summed E-state index contributed by atoms with van der Waals surface area (Å²) in [6.45, 7) is 7.66. The van der Waals surface area contributed by atoms with Crippen molar-refractivity contribution in [2.75, 3.05) is 9.80 Å². The van der Waals surface area contributed by atoms with E-state index in [2.05, 4.69) is 316 Å². The van der Waals surface area contributed by atoms with E-state index in [4.69, 9.17) is 0 Å². The van der Waals surface area contributed by atoms with Crippen LogP contribution in [0.2, 0.25) is 0 Å². The molecule has 464 valence electrons. The third kappa shape index (κ3) is 11.0. The first-order chi connectivity index (χ1) is 46.9. The van der Waals surface area contributed by atoms with Gasteiger partial charge in [0.05, 0.1) is 0 Å². The minimum absolute atomic E-state index is 0.0291. The van der Waals surface area contributed by atoms with Crippen molar-refractivity contribution in [3.05, 3.63) is 318 Å². The molecule has 0 fully saturated rings. The standard InChI is InChI=1S/C93H82N2/c1-4-6-8-23-58-93(59-24-9-7-5-2)88-39-22-21-32-80(88)81-57-56-76(62-89(81)93)94(73-52-48-68(49-53-73)90-82-33-15-13-30-78(82)64(3)79-31-14-16-34-83(79)90)63-65-40-42-67(43-41-65)91-84-35-17-19-37-86(84)92(87-38-20-18-36-85(87)91)69-50-54-75(55-51-69)95(74-27-11-10-12-28-74)77-29-25-26-70(61-77)72-47-45-66-44-46-71(66)60-72/h10-22,25-43,45,47-57,60-62H,4-9,23-24,44,46,58-59,63H2,1-3H3. The van der Waals surface area contributed by atoms with Gasteiger partial charge in [-0.15, -0.1) is 0 Å². The number of unbranched alkanes of at least 4 members (excludes halogenated alkanes) is 6. The minimum atomic E-state index is -0.0291. The Labute approximate surface area is 561 Å². The smallest absolute Gasteiger partial charge is 0.0481 e. The molecule has 0 bridgehead atoms. The van der Waals surface area contributed by atoms with Crippen molar-refractivity contribution in [3.8, 4) is 55.6 Å². The summed E-state index contributed by atoms with van der Waals surface area (Å²) in [6.07, 6.45) is 14.8. The van der Waals surface area contributed by atoms with Gasteiger partial charge in [0.2, 0.25) is 0 Å². The van der Waals surface area contributed by atoms with Crippen LogP contribution in [-0.4, -0.2) is 0 Å². The molecule has 2 aliphatic carbocycles. The number of aryl methyl sites for hydroxylation is 3. The first-order valence-electron chi connectivity index (χ1n) is 35.2. The van der Waals surface area contributed by atoms with Crippen LogP contribution in [0.3, 0.4) is 0 Å². The first kappa shape index (κ1) is 59.7. The molecule has 16 rings (SSSR count). The van der Waals surface area contributed by atoms with Crippen LogP contribution in [0.5, 0.6) is 0 Å². The fourth-order valence-corrected chi connectivity index (χ4v) is 16.5. The average Bonchev–Trinajstić information content (AvgIpc) is 1.65. The van der Waals surface area contributed by atoms with E-state index in [-0.39, 0.29) is 5.41 Å². The predicted octanol–water partition coefficient (Wildman–Crippen LogP) is 26.4. The molecule has 0 aromatic heterocycles. The summed E-state index contributed by atoms with van der Waals surface area (Å²) in [4.78, 5) is 4.99. The quantitative estimate of drug-likeness (QED) is 0.0523. The Morgan fingerprint density at radius 2 is 0.747 bits per heavy atom. The van der Waals surface area contributed by atoms with Crippen molar-refractivity contribution in [3.63, 3.8) is 0 Å². The zero-order valence-corrected chi connectivity index (χ0v) is 55.2. The lowest BCUT2D eigenvalue weighted by Crippen LogP contribution is -2.26. The maximum absolute atomic E-state index is 2.62. The van der Waals surface area contributed by atoms with Gasteiger partial charge in [0.1, 0.15) is 0 Å². The highest BCUT2D eigenvalue weighted by molar-refractivity contribution is 6.21. The van der Waals surface area contributed by atoms with Crippen LogP contribution < -0.4 is 9.80 Å². The van der Waals surface area contributed by atoms with E-state index in [0.717, 1.165) is 17.1 Å². The fourth-order valence-electron chi connectivity index (χ4n) is 16.5. The van der Waals surface area contributed by atoms with E-state index in [1.54, 1.807) is 0 Å². The van der Waals surface area contributed by atoms with Crippen molar-refractivity contribution in [1.82, 2.24) is 0 Å². The molecular weight excluding hydrogens is 1150 g/mol. The van der Waals surface area contributed by atoms with Crippen LogP contribution in [0, 0.1) is 6.92 Å². The lowest BCUT2D eigenvalue weighted by Gasteiger charge is -2.34. The monoisotopic (exact) mass is 1230 g/mol. The van der Waals surface area contributed by atoms with Crippen LogP contribution in [0.25, 0.3) is 98.7 Å². The molecule has 14 aromatic carbocycles. The van der Waals surface area contributed by atoms with E-state index in [1.165, 1.54) is 221 Å². The maximum atomic E-state index is 2.62. The highest BCUT2D eigenvalue weighted by Gasteiger charge is 2.42. The van der Waals surface area contributed by atoms with Gasteiger partial charge in [-0.05, 0) is 225 Å². The lowest BCUT2D eigenvalue weighted by molar-refractivity contribution is 0.401. The molecule has 95 heavy (non-hydrogen) atoms. The summed E-state index contributed by atoms with van der Waals surface area (Å²) in [5.41, 5.74) is 27.2. The van der Waals surface area contributed by atoms with E-state index >= 15 is 0 Å². The number of rotatable bonds is 21. The molecule has 2 nitrogen and oxygen atoms in total. The summed E-state index contributed by atoms with van der Waals surface area (Å²) < 4.78 is 0. The van der Waals surface area contributed by atoms with Crippen LogP contribution in [0.1, 0.15) is 111 Å². The normalized spacial score (nSPS) is 12.8. The number of hydrogen-bond donors (Lipinski definition) is 0. The molecule has 0 saturated heterocycles. The second kappa shape index (κ2) is 25.9. The number of para-hydroxylation sites is 1. The van der Waals surface area contributed by atoms with E-state index in [9.17, 15) is 0 Å². The molecule has 0 radical (unpaired) electrons. The molecule has 0 amide bonds. The molecule has 0 unspecified atom stereocenters. The van der Waals surface area contributed by atoms with Gasteiger partial charge >= 0.3 is 0 Å². The lowest BCUT2D eigenvalue weighted by atomic mass is 9.70. The Morgan fingerprint density at radius 3 is 1.29 bits per heavy atom. The van der Waals surface area contributed by atoms with Crippen molar-refractivity contribution >= 4 is 71.5 Å². The SMILES string of the molecule is CCCCCCC1(CCCCCC)c2ccccc2-c2ccc(N(Cc3ccc(-c4c5ccccc5c(-c5ccc(N(c6ccccc6)c6cccc(-c7ccc8c(c7)CC8)c6)cc5)c5ccccc45)cc3)c3ccc(-c4c5ccccc5c(C)c5ccccc45)cc3)cc21. The Bertz CT molecular complexity index is 5010. The highest BCUT2D eigenvalue weighted by atomic mass is 15.1. The molecule has 2 aliphatic rings. The van der Waals surface area contributed by atoms with Gasteiger partial charge in [0, 0.05) is 40.4 Å². The van der Waals surface area contributed by atoms with Gasteiger partial charge in [-0.3, -0.25) is 0 Å². The van der Waals surface area contributed by atoms with Crippen molar-refractivity contribution in [1.29, 1.82) is 0 Å². The zero-order chi connectivity index (χ0) is 63.8. The maximum Gasteiger partial charge on any atom is 0.0481 e. The van der Waals surface area contributed by atoms with Crippen molar-refractivity contribution < 1.29 is 0 Å².